The summed E-state index contributed by atoms with van der Waals surface area (Å²) in [5.41, 5.74) is 6.70. The lowest BCUT2D eigenvalue weighted by atomic mass is 9.97. The van der Waals surface area contributed by atoms with E-state index in [-0.39, 0.29) is 11.6 Å². The first kappa shape index (κ1) is 15.2. The Morgan fingerprint density at radius 2 is 1.78 bits per heavy atom. The van der Waals surface area contributed by atoms with Gasteiger partial charge in [0.2, 0.25) is 0 Å². The molecule has 0 fully saturated rings. The Hall–Kier alpha value is -0.900. The summed E-state index contributed by atoms with van der Waals surface area (Å²) in [6, 6.07) is 6.51. The van der Waals surface area contributed by atoms with Crippen molar-refractivity contribution in [2.45, 2.75) is 52.7 Å². The van der Waals surface area contributed by atoms with Crippen molar-refractivity contribution in [3.05, 3.63) is 34.9 Å². The molecule has 0 heterocycles. The molecule has 1 unspecified atom stereocenters. The highest BCUT2D eigenvalue weighted by Crippen LogP contribution is 2.16. The molecule has 1 aromatic carbocycles. The molecule has 1 rings (SSSR count). The number of benzene rings is 1. The average Bonchev–Trinajstić information content (AvgIpc) is 2.26. The third-order valence-electron chi connectivity index (χ3n) is 3.05. The largest absolute Gasteiger partial charge is 0.374 e. The molecule has 0 aromatic heterocycles. The molecule has 3 N–H and O–H groups in total. The molecular weight excluding hydrogens is 224 g/mol. The molecule has 0 saturated carbocycles. The number of hydrazine groups is 1. The summed E-state index contributed by atoms with van der Waals surface area (Å²) in [7, 11) is 0. The second kappa shape index (κ2) is 6.32. The molecule has 18 heavy (non-hydrogen) atoms. The SMILES string of the molecule is Cc1cccc(C)c1CC(COC(C)(C)C)NN. The Bertz CT molecular complexity index is 362. The number of ether oxygens (including phenoxy) is 1. The molecule has 0 amide bonds. The van der Waals surface area contributed by atoms with Gasteiger partial charge in [0.15, 0.2) is 0 Å². The standard InChI is InChI=1S/C15H26N2O/c1-11-7-6-8-12(2)14(11)9-13(17-16)10-18-15(3,4)5/h6-8,13,17H,9-10,16H2,1-5H3. The molecule has 0 saturated heterocycles. The maximum Gasteiger partial charge on any atom is 0.0643 e. The van der Waals surface area contributed by atoms with Crippen LogP contribution in [0.1, 0.15) is 37.5 Å². The number of aryl methyl sites for hydroxylation is 2. The van der Waals surface area contributed by atoms with Crippen LogP contribution in [0.3, 0.4) is 0 Å². The van der Waals surface area contributed by atoms with Crippen LogP contribution in [-0.4, -0.2) is 18.2 Å². The fourth-order valence-electron chi connectivity index (χ4n) is 1.93. The van der Waals surface area contributed by atoms with Crippen LogP contribution in [-0.2, 0) is 11.2 Å². The number of rotatable bonds is 5. The molecular formula is C15H26N2O. The zero-order valence-electron chi connectivity index (χ0n) is 12.2. The van der Waals surface area contributed by atoms with Gasteiger partial charge in [-0.15, -0.1) is 0 Å². The summed E-state index contributed by atoms with van der Waals surface area (Å²) in [4.78, 5) is 0. The van der Waals surface area contributed by atoms with Crippen molar-refractivity contribution in [1.29, 1.82) is 0 Å². The zero-order valence-corrected chi connectivity index (χ0v) is 12.2. The van der Waals surface area contributed by atoms with Gasteiger partial charge in [0, 0.05) is 6.04 Å². The van der Waals surface area contributed by atoms with Crippen molar-refractivity contribution in [3.8, 4) is 0 Å². The van der Waals surface area contributed by atoms with Crippen molar-refractivity contribution in [3.63, 3.8) is 0 Å². The fraction of sp³-hybridized carbons (Fsp3) is 0.600. The van der Waals surface area contributed by atoms with E-state index in [1.165, 1.54) is 16.7 Å². The fourth-order valence-corrected chi connectivity index (χ4v) is 1.93. The maximum absolute atomic E-state index is 5.79. The van der Waals surface area contributed by atoms with E-state index in [0.29, 0.717) is 6.61 Å². The molecule has 0 spiro atoms. The molecule has 1 atom stereocenters. The summed E-state index contributed by atoms with van der Waals surface area (Å²) in [5, 5.41) is 0. The first-order valence-electron chi connectivity index (χ1n) is 6.48. The van der Waals surface area contributed by atoms with E-state index in [2.05, 4.69) is 58.2 Å². The lowest BCUT2D eigenvalue weighted by molar-refractivity contribution is -0.0143. The molecule has 0 aliphatic rings. The Labute approximate surface area is 111 Å². The molecule has 102 valence electrons. The van der Waals surface area contributed by atoms with Crippen molar-refractivity contribution >= 4 is 0 Å². The Morgan fingerprint density at radius 3 is 2.22 bits per heavy atom. The zero-order chi connectivity index (χ0) is 13.8. The van der Waals surface area contributed by atoms with E-state index in [9.17, 15) is 0 Å². The Kier molecular flexibility index (Phi) is 5.32. The molecule has 0 bridgehead atoms. The average molecular weight is 250 g/mol. The van der Waals surface area contributed by atoms with E-state index >= 15 is 0 Å². The van der Waals surface area contributed by atoms with Gasteiger partial charge in [-0.2, -0.15) is 0 Å². The molecule has 3 nitrogen and oxygen atoms in total. The van der Waals surface area contributed by atoms with E-state index in [4.69, 9.17) is 10.6 Å². The lowest BCUT2D eigenvalue weighted by Crippen LogP contribution is -2.42. The van der Waals surface area contributed by atoms with Crippen LogP contribution in [0.25, 0.3) is 0 Å². The summed E-state index contributed by atoms with van der Waals surface area (Å²) < 4.78 is 5.79. The molecule has 3 heteroatoms. The first-order chi connectivity index (χ1) is 8.33. The summed E-state index contributed by atoms with van der Waals surface area (Å²) in [6.07, 6.45) is 0.894. The number of nitrogens with two attached hydrogens (primary N) is 1. The van der Waals surface area contributed by atoms with Crippen molar-refractivity contribution in [1.82, 2.24) is 5.43 Å². The number of hydrogen-bond donors (Lipinski definition) is 2. The molecule has 0 aliphatic carbocycles. The van der Waals surface area contributed by atoms with Gasteiger partial charge in [-0.1, -0.05) is 18.2 Å². The van der Waals surface area contributed by atoms with Crippen LogP contribution in [0.4, 0.5) is 0 Å². The van der Waals surface area contributed by atoms with Gasteiger partial charge in [-0.05, 0) is 57.7 Å². The Morgan fingerprint density at radius 1 is 1.22 bits per heavy atom. The van der Waals surface area contributed by atoms with Crippen LogP contribution < -0.4 is 11.3 Å². The van der Waals surface area contributed by atoms with Gasteiger partial charge < -0.3 is 4.74 Å². The smallest absolute Gasteiger partial charge is 0.0643 e. The summed E-state index contributed by atoms with van der Waals surface area (Å²) in [6.45, 7) is 11.1. The highest BCUT2D eigenvalue weighted by molar-refractivity contribution is 5.34. The number of nitrogens with one attached hydrogen (secondary N) is 1. The van der Waals surface area contributed by atoms with Gasteiger partial charge in [0.25, 0.3) is 0 Å². The third kappa shape index (κ3) is 4.77. The molecule has 0 aliphatic heterocycles. The minimum Gasteiger partial charge on any atom is -0.374 e. The summed E-state index contributed by atoms with van der Waals surface area (Å²) in [5.74, 6) is 5.62. The van der Waals surface area contributed by atoms with Crippen LogP contribution in [0.2, 0.25) is 0 Å². The van der Waals surface area contributed by atoms with Crippen molar-refractivity contribution in [2.75, 3.05) is 6.61 Å². The second-order valence-electron chi connectivity index (χ2n) is 5.86. The second-order valence-corrected chi connectivity index (χ2v) is 5.86. The van der Waals surface area contributed by atoms with Crippen LogP contribution in [0, 0.1) is 13.8 Å². The van der Waals surface area contributed by atoms with Gasteiger partial charge in [0.1, 0.15) is 0 Å². The summed E-state index contributed by atoms with van der Waals surface area (Å²) >= 11 is 0. The minimum absolute atomic E-state index is 0.129. The quantitative estimate of drug-likeness (QED) is 0.623. The lowest BCUT2D eigenvalue weighted by Gasteiger charge is -2.25. The minimum atomic E-state index is -0.129. The van der Waals surface area contributed by atoms with Crippen molar-refractivity contribution in [2.24, 2.45) is 5.84 Å². The highest BCUT2D eigenvalue weighted by Gasteiger charge is 2.16. The third-order valence-corrected chi connectivity index (χ3v) is 3.05. The van der Waals surface area contributed by atoms with Gasteiger partial charge in [-0.25, -0.2) is 0 Å². The van der Waals surface area contributed by atoms with Crippen molar-refractivity contribution < 1.29 is 4.74 Å². The van der Waals surface area contributed by atoms with E-state index in [1.807, 2.05) is 0 Å². The first-order valence-corrected chi connectivity index (χ1v) is 6.48. The van der Waals surface area contributed by atoms with E-state index < -0.39 is 0 Å². The highest BCUT2D eigenvalue weighted by atomic mass is 16.5. The van der Waals surface area contributed by atoms with Crippen LogP contribution in [0.5, 0.6) is 0 Å². The molecule has 0 radical (unpaired) electrons. The van der Waals surface area contributed by atoms with E-state index in [1.54, 1.807) is 0 Å². The number of hydrogen-bond acceptors (Lipinski definition) is 3. The normalized spacial score (nSPS) is 13.7. The predicted octanol–water partition coefficient (Wildman–Crippen LogP) is 2.49. The maximum atomic E-state index is 5.79. The van der Waals surface area contributed by atoms with E-state index in [0.717, 1.165) is 6.42 Å². The molecule has 1 aromatic rings. The van der Waals surface area contributed by atoms with Gasteiger partial charge in [-0.3, -0.25) is 11.3 Å². The predicted molar refractivity (Wildman–Crippen MR) is 76.4 cm³/mol. The van der Waals surface area contributed by atoms with Crippen LogP contribution >= 0.6 is 0 Å². The van der Waals surface area contributed by atoms with Crippen LogP contribution in [0.15, 0.2) is 18.2 Å². The topological polar surface area (TPSA) is 47.3 Å². The van der Waals surface area contributed by atoms with Gasteiger partial charge in [0.05, 0.1) is 12.2 Å². The Balaban J connectivity index is 2.68. The monoisotopic (exact) mass is 250 g/mol. The van der Waals surface area contributed by atoms with Gasteiger partial charge >= 0.3 is 0 Å².